The first-order valence-corrected chi connectivity index (χ1v) is 12.8. The first kappa shape index (κ1) is 27.2. The molecule has 0 unspecified atom stereocenters. The molecule has 13 heteroatoms. The number of rotatable bonds is 11. The molecule has 11 nitrogen and oxygen atoms in total. The van der Waals surface area contributed by atoms with E-state index in [2.05, 4.69) is 35.7 Å². The van der Waals surface area contributed by atoms with Crippen LogP contribution in [0, 0.1) is 11.6 Å². The molecule has 1 aliphatic rings. The number of aliphatic hydroxyl groups is 1. The standard InChI is InChI=1S/C27H29F2N7O4/c1-39-23-12-21-22(13-24(23)40-6-2-4-36-5-3-20(37)14-36)30-15-31-27(21)33-25-10-19(34-35-25)11-26(38)32-18-8-16(28)7-17(29)9-18/h7-10,12-13,15,20,37H,2-6,11,14H2,1H3,(H,32,38)(H2,30,31,33,34,35)/t20-/m0/s1. The lowest BCUT2D eigenvalue weighted by molar-refractivity contribution is -0.115. The Morgan fingerprint density at radius 2 is 1.98 bits per heavy atom. The third-order valence-corrected chi connectivity index (χ3v) is 6.42. The molecule has 0 radical (unpaired) electrons. The second-order valence-electron chi connectivity index (χ2n) is 9.47. The zero-order chi connectivity index (χ0) is 28.1. The molecule has 0 bridgehead atoms. The van der Waals surface area contributed by atoms with Gasteiger partial charge in [0.05, 0.1) is 31.8 Å². The van der Waals surface area contributed by atoms with E-state index in [1.165, 1.54) is 6.33 Å². The van der Waals surface area contributed by atoms with Gasteiger partial charge in [-0.05, 0) is 31.0 Å². The van der Waals surface area contributed by atoms with Gasteiger partial charge >= 0.3 is 0 Å². The number of hydrogen-bond donors (Lipinski definition) is 4. The minimum atomic E-state index is -0.783. The quantitative estimate of drug-likeness (QED) is 0.206. The van der Waals surface area contributed by atoms with Gasteiger partial charge in [0.25, 0.3) is 0 Å². The summed E-state index contributed by atoms with van der Waals surface area (Å²) in [6, 6.07) is 8.00. The normalized spacial score (nSPS) is 15.3. The summed E-state index contributed by atoms with van der Waals surface area (Å²) in [6.45, 7) is 2.93. The maximum atomic E-state index is 13.4. The number of carbonyl (C=O) groups is 1. The predicted octanol–water partition coefficient (Wildman–Crippen LogP) is 3.40. The van der Waals surface area contributed by atoms with Gasteiger partial charge in [-0.2, -0.15) is 5.10 Å². The Hall–Kier alpha value is -4.36. The van der Waals surface area contributed by atoms with Crippen LogP contribution in [0.2, 0.25) is 0 Å². The van der Waals surface area contributed by atoms with Gasteiger partial charge in [0.1, 0.15) is 23.8 Å². The molecule has 4 N–H and O–H groups in total. The molecule has 0 saturated carbocycles. The van der Waals surface area contributed by atoms with Crippen LogP contribution in [0.5, 0.6) is 11.5 Å². The Morgan fingerprint density at radius 3 is 2.73 bits per heavy atom. The molecule has 1 aliphatic heterocycles. The molecule has 5 rings (SSSR count). The molecule has 1 saturated heterocycles. The highest BCUT2D eigenvalue weighted by Crippen LogP contribution is 2.34. The summed E-state index contributed by atoms with van der Waals surface area (Å²) in [6.07, 6.45) is 2.70. The van der Waals surface area contributed by atoms with E-state index in [9.17, 15) is 18.7 Å². The highest BCUT2D eigenvalue weighted by Gasteiger charge is 2.19. The van der Waals surface area contributed by atoms with Crippen LogP contribution in [0.25, 0.3) is 10.9 Å². The lowest BCUT2D eigenvalue weighted by atomic mass is 10.2. The SMILES string of the molecule is COc1cc2c(Nc3cc(CC(=O)Nc4cc(F)cc(F)c4)[nH]n3)ncnc2cc1OCCCN1CC[C@H](O)C1. The third-order valence-electron chi connectivity index (χ3n) is 6.42. The fourth-order valence-electron chi connectivity index (χ4n) is 4.56. The number of fused-ring (bicyclic) bond motifs is 1. The van der Waals surface area contributed by atoms with Gasteiger partial charge in [-0.25, -0.2) is 18.7 Å². The second kappa shape index (κ2) is 12.2. The molecule has 1 amide bonds. The van der Waals surface area contributed by atoms with E-state index in [0.29, 0.717) is 52.9 Å². The number of ether oxygens (including phenoxy) is 2. The lowest BCUT2D eigenvalue weighted by Gasteiger charge is -2.16. The maximum absolute atomic E-state index is 13.4. The topological polar surface area (TPSA) is 138 Å². The van der Waals surface area contributed by atoms with Crippen molar-refractivity contribution in [3.8, 4) is 11.5 Å². The number of methoxy groups -OCH3 is 1. The van der Waals surface area contributed by atoms with Gasteiger partial charge in [-0.1, -0.05) is 0 Å². The average Bonchev–Trinajstić information content (AvgIpc) is 3.53. The number of aliphatic hydroxyl groups excluding tert-OH is 1. The smallest absolute Gasteiger partial charge is 0.230 e. The van der Waals surface area contributed by atoms with Crippen molar-refractivity contribution in [3.05, 3.63) is 60.1 Å². The van der Waals surface area contributed by atoms with Crippen molar-refractivity contribution in [1.82, 2.24) is 25.1 Å². The average molecular weight is 554 g/mol. The number of benzene rings is 2. The Morgan fingerprint density at radius 1 is 1.15 bits per heavy atom. The van der Waals surface area contributed by atoms with Crippen molar-refractivity contribution in [2.75, 3.05) is 44.0 Å². The van der Waals surface area contributed by atoms with Crippen molar-refractivity contribution < 1.29 is 28.2 Å². The number of likely N-dealkylation sites (tertiary alicyclic amines) is 1. The number of nitrogens with one attached hydrogen (secondary N) is 3. The Labute approximate surface area is 228 Å². The molecule has 0 aliphatic carbocycles. The number of H-pyrrole nitrogens is 1. The van der Waals surface area contributed by atoms with Crippen molar-refractivity contribution in [2.24, 2.45) is 0 Å². The molecule has 2 aromatic heterocycles. The number of amides is 1. The molecule has 4 aromatic rings. The van der Waals surface area contributed by atoms with E-state index in [4.69, 9.17) is 9.47 Å². The van der Waals surface area contributed by atoms with Crippen LogP contribution in [0.3, 0.4) is 0 Å². The number of anilines is 3. The molecule has 0 spiro atoms. The highest BCUT2D eigenvalue weighted by atomic mass is 19.1. The van der Waals surface area contributed by atoms with Gasteiger partial charge < -0.3 is 30.1 Å². The molecule has 1 atom stereocenters. The van der Waals surface area contributed by atoms with Gasteiger partial charge in [0.15, 0.2) is 17.3 Å². The Kier molecular flexibility index (Phi) is 8.31. The lowest BCUT2D eigenvalue weighted by Crippen LogP contribution is -2.24. The molecule has 2 aromatic carbocycles. The van der Waals surface area contributed by atoms with E-state index < -0.39 is 17.5 Å². The van der Waals surface area contributed by atoms with Crippen LogP contribution in [-0.2, 0) is 11.2 Å². The predicted molar refractivity (Wildman–Crippen MR) is 144 cm³/mol. The number of halogens is 2. The van der Waals surface area contributed by atoms with Crippen LogP contribution >= 0.6 is 0 Å². The molecule has 1 fully saturated rings. The van der Waals surface area contributed by atoms with Crippen molar-refractivity contribution in [3.63, 3.8) is 0 Å². The monoisotopic (exact) mass is 553 g/mol. The molecule has 40 heavy (non-hydrogen) atoms. The summed E-state index contributed by atoms with van der Waals surface area (Å²) in [5, 5.41) is 22.9. The number of hydrogen-bond acceptors (Lipinski definition) is 9. The number of aromatic nitrogens is 4. The molecular formula is C27H29F2N7O4. The number of aromatic amines is 1. The summed E-state index contributed by atoms with van der Waals surface area (Å²) in [7, 11) is 1.56. The summed E-state index contributed by atoms with van der Waals surface area (Å²) >= 11 is 0. The van der Waals surface area contributed by atoms with E-state index in [1.807, 2.05) is 0 Å². The van der Waals surface area contributed by atoms with Crippen molar-refractivity contribution >= 4 is 34.1 Å². The van der Waals surface area contributed by atoms with Crippen LogP contribution in [-0.4, -0.2) is 75.5 Å². The van der Waals surface area contributed by atoms with Crippen molar-refractivity contribution in [1.29, 1.82) is 0 Å². The van der Waals surface area contributed by atoms with Gasteiger partial charge in [-0.15, -0.1) is 0 Å². The minimum absolute atomic E-state index is 0.0246. The van der Waals surface area contributed by atoms with Gasteiger partial charge in [0, 0.05) is 54.6 Å². The van der Waals surface area contributed by atoms with E-state index >= 15 is 0 Å². The fraction of sp³-hybridized carbons (Fsp3) is 0.333. The van der Waals surface area contributed by atoms with Gasteiger partial charge in [-0.3, -0.25) is 9.89 Å². The van der Waals surface area contributed by atoms with Crippen molar-refractivity contribution in [2.45, 2.75) is 25.4 Å². The van der Waals surface area contributed by atoms with Crippen LogP contribution in [0.1, 0.15) is 18.5 Å². The maximum Gasteiger partial charge on any atom is 0.230 e. The van der Waals surface area contributed by atoms with Crippen LogP contribution in [0.4, 0.5) is 26.1 Å². The number of nitrogens with zero attached hydrogens (tertiary/aromatic N) is 4. The zero-order valence-electron chi connectivity index (χ0n) is 21.8. The summed E-state index contributed by atoms with van der Waals surface area (Å²) in [5.74, 6) is -0.0685. The van der Waals surface area contributed by atoms with E-state index in [-0.39, 0.29) is 18.2 Å². The minimum Gasteiger partial charge on any atom is -0.493 e. The fourth-order valence-corrected chi connectivity index (χ4v) is 4.56. The summed E-state index contributed by atoms with van der Waals surface area (Å²) < 4.78 is 38.3. The second-order valence-corrected chi connectivity index (χ2v) is 9.47. The zero-order valence-corrected chi connectivity index (χ0v) is 21.8. The van der Waals surface area contributed by atoms with Gasteiger partial charge in [0.2, 0.25) is 5.91 Å². The molecular weight excluding hydrogens is 524 g/mol. The first-order valence-electron chi connectivity index (χ1n) is 12.8. The first-order chi connectivity index (χ1) is 19.4. The molecule has 210 valence electrons. The summed E-state index contributed by atoms with van der Waals surface area (Å²) in [5.41, 5.74) is 1.14. The van der Waals surface area contributed by atoms with E-state index in [0.717, 1.165) is 44.1 Å². The van der Waals surface area contributed by atoms with Crippen LogP contribution in [0.15, 0.2) is 42.7 Å². The highest BCUT2D eigenvalue weighted by molar-refractivity contribution is 5.93. The van der Waals surface area contributed by atoms with E-state index in [1.54, 1.807) is 25.3 Å². The Bertz CT molecular complexity index is 1480. The largest absolute Gasteiger partial charge is 0.493 e. The Balaban J connectivity index is 1.22. The third kappa shape index (κ3) is 6.79. The van der Waals surface area contributed by atoms with Crippen LogP contribution < -0.4 is 20.1 Å². The summed E-state index contributed by atoms with van der Waals surface area (Å²) in [4.78, 5) is 23.2. The number of β-amino-alcohol motifs (C(OH)–C–C–N with tert-alkyl or cyclic N) is 1. The number of carbonyl (C=O) groups excluding carboxylic acids is 1. The molecule has 3 heterocycles.